The first kappa shape index (κ1) is 19.2. The Hall–Kier alpha value is -2.56. The highest BCUT2D eigenvalue weighted by Crippen LogP contribution is 2.21. The number of carbonyl (C=O) groups is 1. The van der Waals surface area contributed by atoms with Gasteiger partial charge in [0.25, 0.3) is 5.91 Å². The van der Waals surface area contributed by atoms with E-state index in [1.807, 2.05) is 37.8 Å². The van der Waals surface area contributed by atoms with Gasteiger partial charge in [-0.2, -0.15) is 0 Å². The minimum atomic E-state index is -0.469. The number of anilines is 1. The molecule has 0 saturated carbocycles. The molecule has 0 radical (unpaired) electrons. The first-order valence-electron chi connectivity index (χ1n) is 9.50. The van der Waals surface area contributed by atoms with Crippen LogP contribution in [0.5, 0.6) is 5.75 Å². The van der Waals surface area contributed by atoms with E-state index in [0.717, 1.165) is 35.7 Å². The molecule has 0 N–H and O–H groups in total. The van der Waals surface area contributed by atoms with E-state index in [9.17, 15) is 9.18 Å². The summed E-state index contributed by atoms with van der Waals surface area (Å²) in [6.07, 6.45) is 0.160. The number of amides is 1. The number of nitrogens with zero attached hydrogens (tertiary/aromatic N) is 2. The third-order valence-corrected chi connectivity index (χ3v) is 4.90. The lowest BCUT2D eigenvalue weighted by Gasteiger charge is -2.37. The highest BCUT2D eigenvalue weighted by Gasteiger charge is 2.28. The lowest BCUT2D eigenvalue weighted by atomic mass is 10.1. The van der Waals surface area contributed by atoms with Crippen molar-refractivity contribution >= 4 is 11.6 Å². The standard InChI is InChI=1S/C22H27FN2O2/c1-4-21(27-20-14-16(2)13-17(3)15-20)22(26)25-11-9-24(10-12-25)19-7-5-18(23)6-8-19/h5-8,13-15,21H,4,9-12H2,1-3H3/t21-/m0/s1. The number of hydrogen-bond acceptors (Lipinski definition) is 3. The van der Waals surface area contributed by atoms with Crippen LogP contribution in [0.1, 0.15) is 24.5 Å². The zero-order valence-corrected chi connectivity index (χ0v) is 16.2. The zero-order chi connectivity index (χ0) is 19.4. The Morgan fingerprint density at radius 2 is 1.63 bits per heavy atom. The smallest absolute Gasteiger partial charge is 0.263 e. The number of rotatable bonds is 5. The van der Waals surface area contributed by atoms with Crippen LogP contribution in [0.25, 0.3) is 0 Å². The van der Waals surface area contributed by atoms with Gasteiger partial charge in [-0.05, 0) is 67.8 Å². The summed E-state index contributed by atoms with van der Waals surface area (Å²) in [5.74, 6) is 0.551. The van der Waals surface area contributed by atoms with Crippen LogP contribution >= 0.6 is 0 Å². The predicted molar refractivity (Wildman–Crippen MR) is 106 cm³/mol. The maximum absolute atomic E-state index is 13.1. The minimum absolute atomic E-state index is 0.0374. The van der Waals surface area contributed by atoms with Gasteiger partial charge in [0, 0.05) is 31.9 Å². The third-order valence-electron chi connectivity index (χ3n) is 4.90. The van der Waals surface area contributed by atoms with Gasteiger partial charge in [-0.3, -0.25) is 4.79 Å². The molecule has 1 aliphatic rings. The van der Waals surface area contributed by atoms with E-state index >= 15 is 0 Å². The normalized spacial score (nSPS) is 15.6. The molecular weight excluding hydrogens is 343 g/mol. The average molecular weight is 370 g/mol. The summed E-state index contributed by atoms with van der Waals surface area (Å²) in [4.78, 5) is 17.0. The molecule has 0 unspecified atom stereocenters. The van der Waals surface area contributed by atoms with E-state index in [1.165, 1.54) is 12.1 Å². The molecule has 0 aliphatic carbocycles. The molecular formula is C22H27FN2O2. The van der Waals surface area contributed by atoms with Crippen LogP contribution in [-0.2, 0) is 4.79 Å². The number of piperazine rings is 1. The van der Waals surface area contributed by atoms with Crippen molar-refractivity contribution < 1.29 is 13.9 Å². The summed E-state index contributed by atoms with van der Waals surface area (Å²) in [6.45, 7) is 8.77. The van der Waals surface area contributed by atoms with Gasteiger partial charge >= 0.3 is 0 Å². The largest absolute Gasteiger partial charge is 0.481 e. The molecule has 1 aliphatic heterocycles. The van der Waals surface area contributed by atoms with Crippen LogP contribution in [0.15, 0.2) is 42.5 Å². The summed E-state index contributed by atoms with van der Waals surface area (Å²) in [6, 6.07) is 12.5. The second kappa shape index (κ2) is 8.42. The zero-order valence-electron chi connectivity index (χ0n) is 16.2. The lowest BCUT2D eigenvalue weighted by Crippen LogP contribution is -2.52. The number of benzene rings is 2. The van der Waals surface area contributed by atoms with Crippen LogP contribution in [0.2, 0.25) is 0 Å². The van der Waals surface area contributed by atoms with Crippen molar-refractivity contribution in [2.45, 2.75) is 33.3 Å². The van der Waals surface area contributed by atoms with Gasteiger partial charge < -0.3 is 14.5 Å². The molecule has 2 aromatic carbocycles. The van der Waals surface area contributed by atoms with Gasteiger partial charge in [0.05, 0.1) is 0 Å². The number of ether oxygens (including phenoxy) is 1. The summed E-state index contributed by atoms with van der Waals surface area (Å²) in [7, 11) is 0. The Morgan fingerprint density at radius 3 is 2.19 bits per heavy atom. The van der Waals surface area contributed by atoms with Crippen LogP contribution in [0.3, 0.4) is 0 Å². The molecule has 0 aromatic heterocycles. The maximum atomic E-state index is 13.1. The molecule has 3 rings (SSSR count). The number of aryl methyl sites for hydroxylation is 2. The Balaban J connectivity index is 1.60. The Bertz CT molecular complexity index is 763. The van der Waals surface area contributed by atoms with Crippen molar-refractivity contribution in [3.8, 4) is 5.75 Å². The maximum Gasteiger partial charge on any atom is 0.263 e. The van der Waals surface area contributed by atoms with Gasteiger partial charge in [-0.1, -0.05) is 13.0 Å². The SMILES string of the molecule is CC[C@H](Oc1cc(C)cc(C)c1)C(=O)N1CCN(c2ccc(F)cc2)CC1. The molecule has 1 heterocycles. The van der Waals surface area contributed by atoms with Gasteiger partial charge in [0.1, 0.15) is 11.6 Å². The van der Waals surface area contributed by atoms with E-state index in [1.54, 1.807) is 12.1 Å². The van der Waals surface area contributed by atoms with E-state index in [-0.39, 0.29) is 11.7 Å². The fraction of sp³-hybridized carbons (Fsp3) is 0.409. The molecule has 4 nitrogen and oxygen atoms in total. The first-order chi connectivity index (χ1) is 13.0. The second-order valence-corrected chi connectivity index (χ2v) is 7.13. The quantitative estimate of drug-likeness (QED) is 0.799. The number of hydrogen-bond donors (Lipinski definition) is 0. The summed E-state index contributed by atoms with van der Waals surface area (Å²) in [5, 5.41) is 0. The second-order valence-electron chi connectivity index (χ2n) is 7.13. The molecule has 2 aromatic rings. The Labute approximate surface area is 160 Å². The number of halogens is 1. The first-order valence-corrected chi connectivity index (χ1v) is 9.50. The van der Waals surface area contributed by atoms with Crippen molar-refractivity contribution in [2.75, 3.05) is 31.1 Å². The van der Waals surface area contributed by atoms with Crippen LogP contribution < -0.4 is 9.64 Å². The predicted octanol–water partition coefficient (Wildman–Crippen LogP) is 3.95. The van der Waals surface area contributed by atoms with Crippen LogP contribution in [-0.4, -0.2) is 43.1 Å². The fourth-order valence-corrected chi connectivity index (χ4v) is 3.51. The van der Waals surface area contributed by atoms with Crippen molar-refractivity contribution in [1.82, 2.24) is 4.90 Å². The summed E-state index contributed by atoms with van der Waals surface area (Å²) < 4.78 is 19.1. The summed E-state index contributed by atoms with van der Waals surface area (Å²) >= 11 is 0. The molecule has 1 amide bonds. The van der Waals surface area contributed by atoms with Gasteiger partial charge in [0.2, 0.25) is 0 Å². The number of carbonyl (C=O) groups excluding carboxylic acids is 1. The minimum Gasteiger partial charge on any atom is -0.481 e. The van der Waals surface area contributed by atoms with E-state index in [2.05, 4.69) is 11.0 Å². The van der Waals surface area contributed by atoms with Crippen LogP contribution in [0.4, 0.5) is 10.1 Å². The fourth-order valence-electron chi connectivity index (χ4n) is 3.51. The highest BCUT2D eigenvalue weighted by atomic mass is 19.1. The van der Waals surface area contributed by atoms with Crippen LogP contribution in [0, 0.1) is 19.7 Å². The molecule has 5 heteroatoms. The topological polar surface area (TPSA) is 32.8 Å². The van der Waals surface area contributed by atoms with E-state index < -0.39 is 6.10 Å². The Morgan fingerprint density at radius 1 is 1.04 bits per heavy atom. The molecule has 1 saturated heterocycles. The Kier molecular flexibility index (Phi) is 5.99. The van der Waals surface area contributed by atoms with E-state index in [0.29, 0.717) is 19.5 Å². The lowest BCUT2D eigenvalue weighted by molar-refractivity contribution is -0.139. The average Bonchev–Trinajstić information content (AvgIpc) is 2.65. The highest BCUT2D eigenvalue weighted by molar-refractivity contribution is 5.81. The molecule has 144 valence electrons. The molecule has 27 heavy (non-hydrogen) atoms. The van der Waals surface area contributed by atoms with Gasteiger partial charge in [-0.25, -0.2) is 4.39 Å². The van der Waals surface area contributed by atoms with E-state index in [4.69, 9.17) is 4.74 Å². The molecule has 1 atom stereocenters. The third kappa shape index (κ3) is 4.79. The van der Waals surface area contributed by atoms with Crippen molar-refractivity contribution in [3.63, 3.8) is 0 Å². The monoisotopic (exact) mass is 370 g/mol. The summed E-state index contributed by atoms with van der Waals surface area (Å²) in [5.41, 5.74) is 3.24. The molecule has 0 bridgehead atoms. The van der Waals surface area contributed by atoms with Crippen molar-refractivity contribution in [2.24, 2.45) is 0 Å². The molecule has 0 spiro atoms. The van der Waals surface area contributed by atoms with Gasteiger partial charge in [-0.15, -0.1) is 0 Å². The van der Waals surface area contributed by atoms with Crippen molar-refractivity contribution in [3.05, 3.63) is 59.4 Å². The molecule has 1 fully saturated rings. The van der Waals surface area contributed by atoms with Gasteiger partial charge in [0.15, 0.2) is 6.10 Å². The van der Waals surface area contributed by atoms with Crippen molar-refractivity contribution in [1.29, 1.82) is 0 Å².